The molecule has 514 valence electrons. The lowest BCUT2D eigenvalue weighted by Gasteiger charge is -2.42. The Kier molecular flexibility index (Phi) is 21.5. The number of rotatable bonds is 17. The van der Waals surface area contributed by atoms with Gasteiger partial charge in [0.25, 0.3) is 0 Å². The number of nitrogens with two attached hydrogens (primary N) is 3. The zero-order valence-corrected chi connectivity index (χ0v) is 56.8. The molecule has 7 aliphatic rings. The van der Waals surface area contributed by atoms with Gasteiger partial charge in [0.2, 0.25) is 35.7 Å². The molecule has 0 spiro atoms. The fraction of sp³-hybridized carbons (Fsp3) is 0.473. The maximum Gasteiger partial charge on any atom is 0.248 e. The molecule has 3 aromatic carbocycles. The number of hydrogen-bond donors (Lipinski definition) is 7. The molecule has 9 heterocycles. The van der Waals surface area contributed by atoms with Crippen LogP contribution in [0.1, 0.15) is 131 Å². The van der Waals surface area contributed by atoms with Crippen LogP contribution in [0.5, 0.6) is 0 Å². The van der Waals surface area contributed by atoms with E-state index in [0.29, 0.717) is 70.9 Å². The molecular weight excluding hydrogens is 1220 g/mol. The largest absolute Gasteiger partial charge is 0.368 e. The summed E-state index contributed by atoms with van der Waals surface area (Å²) in [5, 5.41) is 26.6. The van der Waals surface area contributed by atoms with Crippen LogP contribution in [0.15, 0.2) is 146 Å². The normalized spacial score (nSPS) is 23.0. The van der Waals surface area contributed by atoms with Crippen LogP contribution in [0, 0.1) is 0 Å². The number of aromatic nitrogens is 12. The van der Waals surface area contributed by atoms with Crippen LogP contribution >= 0.6 is 0 Å². The molecule has 0 radical (unpaired) electrons. The molecule has 10 N–H and O–H groups in total. The van der Waals surface area contributed by atoms with E-state index in [1.54, 1.807) is 23.3 Å². The molecule has 24 heteroatoms. The number of likely N-dealkylation sites (N-methyl/N-ethyl adjacent to an activating group) is 1. The summed E-state index contributed by atoms with van der Waals surface area (Å²) in [5.74, 6) is 6.24. The molecule has 9 aromatic rings. The number of anilines is 9. The number of nitrogens with zero attached hydrogens (tertiary/aromatic N) is 17. The van der Waals surface area contributed by atoms with Gasteiger partial charge in [0.05, 0.1) is 0 Å². The molecular formula is C74H98N24. The molecule has 4 saturated carbocycles. The van der Waals surface area contributed by atoms with Gasteiger partial charge in [0.15, 0.2) is 17.5 Å². The molecule has 6 aromatic heterocycles. The summed E-state index contributed by atoms with van der Waals surface area (Å²) in [6, 6.07) is 46.2. The van der Waals surface area contributed by atoms with Crippen molar-refractivity contribution in [1.82, 2.24) is 89.1 Å². The zero-order valence-electron chi connectivity index (χ0n) is 56.8. The maximum absolute atomic E-state index is 6.04. The second-order valence-corrected chi connectivity index (χ2v) is 27.5. The molecule has 0 atom stereocenters. The second kappa shape index (κ2) is 31.7. The lowest BCUT2D eigenvalue weighted by Crippen LogP contribution is -2.51. The van der Waals surface area contributed by atoms with E-state index in [0.717, 1.165) is 54.3 Å². The van der Waals surface area contributed by atoms with Crippen molar-refractivity contribution in [3.8, 4) is 17.5 Å². The lowest BCUT2D eigenvalue weighted by molar-refractivity contribution is 0.0724. The highest BCUT2D eigenvalue weighted by Gasteiger charge is 2.35. The third kappa shape index (κ3) is 16.8. The fourth-order valence-electron chi connectivity index (χ4n) is 15.7. The van der Waals surface area contributed by atoms with E-state index in [1.807, 2.05) is 54.6 Å². The van der Waals surface area contributed by atoms with Gasteiger partial charge < -0.3 is 43.4 Å². The minimum Gasteiger partial charge on any atom is -0.368 e. The van der Waals surface area contributed by atoms with Gasteiger partial charge >= 0.3 is 0 Å². The average Bonchev–Trinajstić information content (AvgIpc) is 1.70. The van der Waals surface area contributed by atoms with Crippen LogP contribution in [0.2, 0.25) is 0 Å². The Morgan fingerprint density at radius 2 is 0.643 bits per heavy atom. The topological polar surface area (TPSA) is 273 Å². The Balaban J connectivity index is 0.000000126. The van der Waals surface area contributed by atoms with E-state index in [4.69, 9.17) is 17.2 Å². The molecule has 7 fully saturated rings. The highest BCUT2D eigenvalue weighted by molar-refractivity contribution is 5.58. The average molecular weight is 1320 g/mol. The van der Waals surface area contributed by atoms with E-state index in [9.17, 15) is 0 Å². The maximum atomic E-state index is 6.04. The molecule has 3 saturated heterocycles. The quantitative estimate of drug-likeness (QED) is 0.0446. The van der Waals surface area contributed by atoms with Crippen LogP contribution in [0.4, 0.5) is 52.8 Å². The van der Waals surface area contributed by atoms with Crippen molar-refractivity contribution in [2.24, 2.45) is 0 Å². The van der Waals surface area contributed by atoms with Crippen molar-refractivity contribution in [3.05, 3.63) is 163 Å². The van der Waals surface area contributed by atoms with Crippen molar-refractivity contribution in [1.29, 1.82) is 0 Å². The minimum absolute atomic E-state index is 0.305. The first-order valence-corrected chi connectivity index (χ1v) is 36.1. The SMILES string of the molecule is CCN1CCN(C2CCC(c3ccc(Nc4nc(N)n(-c5ccccn5)n4)cc3)CC2)CC1.Nc1nc(Nc2ccc(C3CCC(N4CCN(C5CC5)CC4)CC3)cc2)nn1-c1ccccn1.Nc1nc(Nc2ccc(C3CCC(N4CCNCC4)CC3)cc2)nn1-c1ccccn1. The van der Waals surface area contributed by atoms with Gasteiger partial charge in [-0.05, 0) is 204 Å². The van der Waals surface area contributed by atoms with Crippen molar-refractivity contribution >= 4 is 52.8 Å². The Labute approximate surface area is 576 Å². The minimum atomic E-state index is 0.305. The molecule has 0 bridgehead atoms. The fourth-order valence-corrected chi connectivity index (χ4v) is 15.7. The summed E-state index contributed by atoms with van der Waals surface area (Å²) >= 11 is 0. The summed E-state index contributed by atoms with van der Waals surface area (Å²) in [7, 11) is 0. The van der Waals surface area contributed by atoms with E-state index >= 15 is 0 Å². The highest BCUT2D eigenvalue weighted by atomic mass is 15.5. The van der Waals surface area contributed by atoms with Crippen LogP contribution in [-0.4, -0.2) is 193 Å². The Morgan fingerprint density at radius 3 is 0.918 bits per heavy atom. The van der Waals surface area contributed by atoms with Gasteiger partial charge in [-0.1, -0.05) is 61.5 Å². The monoisotopic (exact) mass is 1320 g/mol. The Bertz CT molecular complexity index is 3870. The van der Waals surface area contributed by atoms with Crippen molar-refractivity contribution in [2.75, 3.05) is 118 Å². The van der Waals surface area contributed by atoms with E-state index in [-0.39, 0.29) is 0 Å². The van der Waals surface area contributed by atoms with Crippen LogP contribution in [0.3, 0.4) is 0 Å². The van der Waals surface area contributed by atoms with E-state index in [1.165, 1.54) is 188 Å². The highest BCUT2D eigenvalue weighted by Crippen LogP contribution is 2.39. The molecule has 3 aliphatic heterocycles. The summed E-state index contributed by atoms with van der Waals surface area (Å²) in [6.45, 7) is 18.1. The van der Waals surface area contributed by atoms with Gasteiger partial charge in [-0.2, -0.15) is 29.0 Å². The predicted octanol–water partition coefficient (Wildman–Crippen LogP) is 10.4. The van der Waals surface area contributed by atoms with Gasteiger partial charge in [-0.3, -0.25) is 19.6 Å². The second-order valence-electron chi connectivity index (χ2n) is 27.5. The van der Waals surface area contributed by atoms with Crippen molar-refractivity contribution < 1.29 is 0 Å². The molecule has 16 rings (SSSR count). The third-order valence-electron chi connectivity index (χ3n) is 21.5. The number of nitrogen functional groups attached to an aromatic ring is 3. The summed E-state index contributed by atoms with van der Waals surface area (Å²) < 4.78 is 4.62. The first kappa shape index (κ1) is 66.3. The smallest absolute Gasteiger partial charge is 0.248 e. The predicted molar refractivity (Wildman–Crippen MR) is 389 cm³/mol. The number of piperazine rings is 3. The standard InChI is InChI=1S/C26H34N8.C25H34N8.C23H30N8/c27-25-30-26(31-34(25)24-3-1-2-14-28-24)29-21-8-4-19(5-9-21)20-6-10-22(11-7-20)32-15-17-33(18-16-32)23-12-13-23;1-2-31-15-17-32(18-16-31)22-12-8-20(9-13-22)19-6-10-21(11-7-19)28-25-29-24(26)33(30-25)23-5-3-4-14-27-23;24-22-28-23(29-31(22)21-3-1-2-12-26-21)27-19-8-4-17(5-9-19)18-6-10-20(11-7-18)30-15-13-25-14-16-30/h1-5,8-9,14,20,22-23H,6-7,10-13,15-18H2,(H3,27,29,30,31);3-7,10-11,14,20,22H,2,8-9,12-13,15-18H2,1H3,(H3,26,28,29,30);1-5,8-9,12,18,20,25H,6-7,10-11,13-16H2,(H3,24,27,28,29). The first-order chi connectivity index (χ1) is 48.2. The molecule has 98 heavy (non-hydrogen) atoms. The molecule has 24 nitrogen and oxygen atoms in total. The van der Waals surface area contributed by atoms with E-state index in [2.05, 4.69) is 171 Å². The summed E-state index contributed by atoms with van der Waals surface area (Å²) in [6.07, 6.45) is 23.5. The van der Waals surface area contributed by atoms with Gasteiger partial charge in [0.1, 0.15) is 0 Å². The number of benzene rings is 3. The van der Waals surface area contributed by atoms with E-state index < -0.39 is 0 Å². The van der Waals surface area contributed by atoms with Gasteiger partial charge in [0, 0.05) is 138 Å². The van der Waals surface area contributed by atoms with Gasteiger partial charge in [-0.25, -0.2) is 15.0 Å². The Hall–Kier alpha value is -8.91. The Morgan fingerprint density at radius 1 is 0.357 bits per heavy atom. The van der Waals surface area contributed by atoms with Gasteiger partial charge in [-0.15, -0.1) is 15.3 Å². The van der Waals surface area contributed by atoms with Crippen LogP contribution in [0.25, 0.3) is 17.5 Å². The molecule has 4 aliphatic carbocycles. The number of nitrogens with one attached hydrogen (secondary N) is 4. The first-order valence-electron chi connectivity index (χ1n) is 36.1. The van der Waals surface area contributed by atoms with Crippen LogP contribution in [-0.2, 0) is 0 Å². The lowest BCUT2D eigenvalue weighted by atomic mass is 9.81. The number of hydrogen-bond acceptors (Lipinski definition) is 21. The summed E-state index contributed by atoms with van der Waals surface area (Å²) in [4.78, 5) is 39.3. The number of pyridine rings is 3. The van der Waals surface area contributed by atoms with Crippen molar-refractivity contribution in [3.63, 3.8) is 0 Å². The van der Waals surface area contributed by atoms with Crippen molar-refractivity contribution in [2.45, 2.75) is 139 Å². The van der Waals surface area contributed by atoms with Crippen LogP contribution < -0.4 is 38.5 Å². The molecule has 0 unspecified atom stereocenters. The zero-order chi connectivity index (χ0) is 66.6. The third-order valence-corrected chi connectivity index (χ3v) is 21.5. The summed E-state index contributed by atoms with van der Waals surface area (Å²) in [5.41, 5.74) is 25.3. The molecule has 0 amide bonds.